The number of hydrogen-bond donors (Lipinski definition) is 1. The fourth-order valence-corrected chi connectivity index (χ4v) is 4.64. The first-order valence-electron chi connectivity index (χ1n) is 10.3. The van der Waals surface area contributed by atoms with Crippen LogP contribution in [0.4, 0.5) is 0 Å². The minimum absolute atomic E-state index is 0.236. The summed E-state index contributed by atoms with van der Waals surface area (Å²) in [7, 11) is 0. The van der Waals surface area contributed by atoms with Crippen LogP contribution < -0.4 is 0 Å². The summed E-state index contributed by atoms with van der Waals surface area (Å²) in [4.78, 5) is 19.4. The van der Waals surface area contributed by atoms with Crippen molar-refractivity contribution in [2.45, 2.75) is 43.7 Å². The number of hydrogen-bond acceptors (Lipinski definition) is 4. The van der Waals surface area contributed by atoms with Gasteiger partial charge in [-0.2, -0.15) is 0 Å². The Morgan fingerprint density at radius 1 is 1.04 bits per heavy atom. The number of halogens is 1. The molecule has 2 saturated heterocycles. The molecule has 3 aliphatic rings. The lowest BCUT2D eigenvalue weighted by Gasteiger charge is -2.43. The molecule has 2 aliphatic heterocycles. The van der Waals surface area contributed by atoms with Gasteiger partial charge in [0.2, 0.25) is 5.91 Å². The lowest BCUT2D eigenvalue weighted by Crippen LogP contribution is -2.55. The van der Waals surface area contributed by atoms with E-state index in [9.17, 15) is 9.90 Å². The number of carbonyl (C=O) groups excluding carboxylic acids is 1. The van der Waals surface area contributed by atoms with Crippen LogP contribution in [0.5, 0.6) is 0 Å². The van der Waals surface area contributed by atoms with Gasteiger partial charge < -0.3 is 10.0 Å². The number of piperazine rings is 1. The minimum atomic E-state index is -0.807. The van der Waals surface area contributed by atoms with Gasteiger partial charge in [-0.25, -0.2) is 0 Å². The molecule has 1 N–H and O–H groups in total. The van der Waals surface area contributed by atoms with E-state index in [1.54, 1.807) is 0 Å². The van der Waals surface area contributed by atoms with Crippen LogP contribution in [0.25, 0.3) is 0 Å². The van der Waals surface area contributed by atoms with Gasteiger partial charge in [-0.15, -0.1) is 0 Å². The van der Waals surface area contributed by atoms with Gasteiger partial charge in [-0.05, 0) is 43.4 Å². The average molecular weight is 392 g/mol. The molecule has 0 radical (unpaired) electrons. The van der Waals surface area contributed by atoms with Crippen molar-refractivity contribution in [1.29, 1.82) is 0 Å². The van der Waals surface area contributed by atoms with Crippen LogP contribution in [0.2, 0.25) is 5.02 Å². The van der Waals surface area contributed by atoms with Gasteiger partial charge in [0.25, 0.3) is 0 Å². The topological polar surface area (TPSA) is 47.0 Å². The maximum absolute atomic E-state index is 12.7. The summed E-state index contributed by atoms with van der Waals surface area (Å²) in [6, 6.07) is 8.24. The Morgan fingerprint density at radius 3 is 2.22 bits per heavy atom. The quantitative estimate of drug-likeness (QED) is 0.855. The number of carbonyl (C=O) groups is 1. The largest absolute Gasteiger partial charge is 0.385 e. The molecule has 1 aromatic carbocycles. The zero-order valence-corrected chi connectivity index (χ0v) is 16.7. The predicted octanol–water partition coefficient (Wildman–Crippen LogP) is 2.32. The molecule has 0 aromatic heterocycles. The second-order valence-electron chi connectivity index (χ2n) is 8.32. The van der Waals surface area contributed by atoms with Gasteiger partial charge in [0.05, 0.1) is 12.1 Å². The van der Waals surface area contributed by atoms with Gasteiger partial charge in [0.15, 0.2) is 0 Å². The van der Waals surface area contributed by atoms with E-state index in [0.717, 1.165) is 50.9 Å². The van der Waals surface area contributed by atoms with Crippen LogP contribution in [0.1, 0.15) is 37.7 Å². The monoisotopic (exact) mass is 391 g/mol. The van der Waals surface area contributed by atoms with Crippen molar-refractivity contribution >= 4 is 17.5 Å². The summed E-state index contributed by atoms with van der Waals surface area (Å²) < 4.78 is 0. The fraction of sp³-hybridized carbons (Fsp3) is 0.667. The van der Waals surface area contributed by atoms with Crippen LogP contribution in [-0.4, -0.2) is 77.6 Å². The molecule has 3 fully saturated rings. The lowest BCUT2D eigenvalue weighted by molar-refractivity contribution is -0.136. The minimum Gasteiger partial charge on any atom is -0.385 e. The van der Waals surface area contributed by atoms with Crippen molar-refractivity contribution in [3.63, 3.8) is 0 Å². The molecule has 4 rings (SSSR count). The van der Waals surface area contributed by atoms with E-state index >= 15 is 0 Å². The van der Waals surface area contributed by atoms with Gasteiger partial charge in [-0.1, -0.05) is 30.2 Å². The van der Waals surface area contributed by atoms with Gasteiger partial charge in [-0.3, -0.25) is 14.6 Å². The van der Waals surface area contributed by atoms with Gasteiger partial charge >= 0.3 is 0 Å². The first-order chi connectivity index (χ1) is 13.0. The molecule has 1 amide bonds. The molecule has 0 bridgehead atoms. The van der Waals surface area contributed by atoms with E-state index in [1.807, 2.05) is 29.2 Å². The Labute approximate surface area is 166 Å². The molecule has 1 saturated carbocycles. The Bertz CT molecular complexity index is 646. The number of likely N-dealkylation sites (tertiary alicyclic amines) is 1. The van der Waals surface area contributed by atoms with E-state index in [0.29, 0.717) is 24.4 Å². The smallest absolute Gasteiger partial charge is 0.236 e. The third-order valence-corrected chi connectivity index (χ3v) is 6.93. The zero-order valence-electron chi connectivity index (χ0n) is 15.9. The summed E-state index contributed by atoms with van der Waals surface area (Å²) in [5.41, 5.74) is 0.114. The Balaban J connectivity index is 1.24. The molecule has 1 aliphatic carbocycles. The van der Waals surface area contributed by atoms with Crippen LogP contribution in [0, 0.1) is 0 Å². The molecular formula is C21H30ClN3O2. The van der Waals surface area contributed by atoms with E-state index in [2.05, 4.69) is 9.80 Å². The molecule has 0 spiro atoms. The van der Waals surface area contributed by atoms with Crippen LogP contribution >= 0.6 is 11.6 Å². The highest BCUT2D eigenvalue weighted by Crippen LogP contribution is 2.33. The fourth-order valence-electron chi connectivity index (χ4n) is 4.51. The van der Waals surface area contributed by atoms with Crippen molar-refractivity contribution in [2.75, 3.05) is 45.8 Å². The number of piperidine rings is 1. The van der Waals surface area contributed by atoms with E-state index < -0.39 is 5.60 Å². The molecule has 2 heterocycles. The highest BCUT2D eigenvalue weighted by molar-refractivity contribution is 6.30. The SMILES string of the molecule is O=C(CN1CCC(O)(c2ccc(Cl)cc2)CC1)N1CCN(C2CCC2)CC1. The Hall–Kier alpha value is -1.14. The van der Waals surface area contributed by atoms with Crippen LogP contribution in [0.15, 0.2) is 24.3 Å². The van der Waals surface area contributed by atoms with Crippen molar-refractivity contribution < 1.29 is 9.90 Å². The third-order valence-electron chi connectivity index (χ3n) is 6.68. The summed E-state index contributed by atoms with van der Waals surface area (Å²) in [6.07, 6.45) is 5.33. The first-order valence-corrected chi connectivity index (χ1v) is 10.6. The van der Waals surface area contributed by atoms with Crippen LogP contribution in [0.3, 0.4) is 0 Å². The number of rotatable bonds is 4. The molecule has 0 unspecified atom stereocenters. The molecule has 0 atom stereocenters. The van der Waals surface area contributed by atoms with Crippen molar-refractivity contribution in [2.24, 2.45) is 0 Å². The zero-order chi connectivity index (χ0) is 18.9. The highest BCUT2D eigenvalue weighted by atomic mass is 35.5. The van der Waals surface area contributed by atoms with Gasteiger partial charge in [0.1, 0.15) is 0 Å². The van der Waals surface area contributed by atoms with Gasteiger partial charge in [0, 0.05) is 50.3 Å². The standard InChI is InChI=1S/C21H30ClN3O2/c22-18-6-4-17(5-7-18)21(27)8-10-23(11-9-21)16-20(26)25-14-12-24(13-15-25)19-2-1-3-19/h4-7,19,27H,1-3,8-16H2. The average Bonchev–Trinajstić information content (AvgIpc) is 2.63. The number of nitrogens with zero attached hydrogens (tertiary/aromatic N) is 3. The second kappa shape index (κ2) is 8.08. The van der Waals surface area contributed by atoms with E-state index in [-0.39, 0.29) is 5.91 Å². The molecule has 5 nitrogen and oxygen atoms in total. The maximum atomic E-state index is 12.7. The maximum Gasteiger partial charge on any atom is 0.236 e. The normalized spacial score (nSPS) is 24.6. The Morgan fingerprint density at radius 2 is 1.67 bits per heavy atom. The number of amides is 1. The molecule has 6 heteroatoms. The summed E-state index contributed by atoms with van der Waals surface area (Å²) in [6.45, 7) is 5.72. The number of aliphatic hydroxyl groups is 1. The summed E-state index contributed by atoms with van der Waals surface area (Å²) in [5.74, 6) is 0.236. The number of benzene rings is 1. The van der Waals surface area contributed by atoms with Crippen molar-refractivity contribution in [1.82, 2.24) is 14.7 Å². The Kier molecular flexibility index (Phi) is 5.74. The first kappa shape index (κ1) is 19.2. The van der Waals surface area contributed by atoms with Crippen molar-refractivity contribution in [3.05, 3.63) is 34.9 Å². The highest BCUT2D eigenvalue weighted by Gasteiger charge is 2.35. The summed E-state index contributed by atoms with van der Waals surface area (Å²) in [5, 5.41) is 11.7. The molecule has 1 aromatic rings. The van der Waals surface area contributed by atoms with E-state index in [4.69, 9.17) is 11.6 Å². The van der Waals surface area contributed by atoms with E-state index in [1.165, 1.54) is 19.3 Å². The summed E-state index contributed by atoms with van der Waals surface area (Å²) >= 11 is 5.95. The van der Waals surface area contributed by atoms with Crippen LogP contribution in [-0.2, 0) is 10.4 Å². The molecule has 27 heavy (non-hydrogen) atoms. The van der Waals surface area contributed by atoms with Crippen molar-refractivity contribution in [3.8, 4) is 0 Å². The molecular weight excluding hydrogens is 362 g/mol. The second-order valence-corrected chi connectivity index (χ2v) is 8.75. The molecule has 148 valence electrons. The predicted molar refractivity (Wildman–Crippen MR) is 107 cm³/mol. The lowest BCUT2D eigenvalue weighted by atomic mass is 9.84. The third kappa shape index (κ3) is 4.32.